The molecule has 1 aromatic rings. The molecule has 0 aliphatic heterocycles. The normalized spacial score (nSPS) is 22.9. The molecule has 0 radical (unpaired) electrons. The third-order valence-corrected chi connectivity index (χ3v) is 3.33. The van der Waals surface area contributed by atoms with Crippen molar-refractivity contribution < 1.29 is 9.94 Å². The fourth-order valence-corrected chi connectivity index (χ4v) is 1.97. The number of oxime groups is 1. The number of benzene rings is 1. The molecule has 0 heterocycles. The Bertz CT molecular complexity index is 460. The summed E-state index contributed by atoms with van der Waals surface area (Å²) < 4.78 is 5.19. The summed E-state index contributed by atoms with van der Waals surface area (Å²) in [5, 5.41) is 15.2. The number of methoxy groups -OCH3 is 1. The molecule has 2 rings (SSSR count). The first-order valence-corrected chi connectivity index (χ1v) is 6.04. The topological polar surface area (TPSA) is 79.9 Å². The Morgan fingerprint density at radius 1 is 1.61 bits per heavy atom. The van der Waals surface area contributed by atoms with Crippen molar-refractivity contribution in [3.8, 4) is 5.75 Å². The minimum atomic E-state index is 0.0634. The molecule has 1 aromatic carbocycles. The second-order valence-corrected chi connectivity index (χ2v) is 4.72. The van der Waals surface area contributed by atoms with Gasteiger partial charge in [0.1, 0.15) is 5.75 Å². The Kier molecular flexibility index (Phi) is 3.72. The van der Waals surface area contributed by atoms with Crippen LogP contribution < -0.4 is 15.8 Å². The smallest absolute Gasteiger partial charge is 0.173 e. The van der Waals surface area contributed by atoms with Gasteiger partial charge in [-0.3, -0.25) is 0 Å². The van der Waals surface area contributed by atoms with E-state index in [1.807, 2.05) is 18.2 Å². The molecule has 1 aliphatic carbocycles. The molecule has 1 fully saturated rings. The third kappa shape index (κ3) is 2.73. The van der Waals surface area contributed by atoms with Crippen LogP contribution in [0.2, 0.25) is 0 Å². The van der Waals surface area contributed by atoms with Crippen molar-refractivity contribution >= 4 is 5.84 Å². The maximum atomic E-state index is 8.75. The second-order valence-electron chi connectivity index (χ2n) is 4.72. The number of hydrogen-bond donors (Lipinski definition) is 3. The quantitative estimate of drug-likeness (QED) is 0.318. The van der Waals surface area contributed by atoms with Crippen LogP contribution in [0.25, 0.3) is 0 Å². The number of rotatable bonds is 5. The van der Waals surface area contributed by atoms with Crippen LogP contribution in [-0.2, 0) is 6.54 Å². The lowest BCUT2D eigenvalue weighted by Gasteiger charge is -2.10. The summed E-state index contributed by atoms with van der Waals surface area (Å²) in [6, 6.07) is 6.32. The predicted octanol–water partition coefficient (Wildman–Crippen LogP) is 1.29. The predicted molar refractivity (Wildman–Crippen MR) is 69.9 cm³/mol. The SMILES string of the molecule is COc1ccc(CNC2CC2C)cc1/C(N)=N/O. The molecule has 0 spiro atoms. The lowest BCUT2D eigenvalue weighted by Crippen LogP contribution is -2.19. The number of nitrogens with two attached hydrogens (primary N) is 1. The number of nitrogens with zero attached hydrogens (tertiary/aromatic N) is 1. The zero-order valence-corrected chi connectivity index (χ0v) is 10.7. The van der Waals surface area contributed by atoms with Gasteiger partial charge in [-0.15, -0.1) is 0 Å². The van der Waals surface area contributed by atoms with Crippen LogP contribution in [0.15, 0.2) is 23.4 Å². The van der Waals surface area contributed by atoms with Crippen LogP contribution in [0.5, 0.6) is 5.75 Å². The molecule has 5 heteroatoms. The molecule has 2 unspecified atom stereocenters. The summed E-state index contributed by atoms with van der Waals surface area (Å²) in [4.78, 5) is 0. The molecule has 0 saturated heterocycles. The van der Waals surface area contributed by atoms with E-state index < -0.39 is 0 Å². The van der Waals surface area contributed by atoms with E-state index >= 15 is 0 Å². The summed E-state index contributed by atoms with van der Waals surface area (Å²) >= 11 is 0. The monoisotopic (exact) mass is 249 g/mol. The Morgan fingerprint density at radius 2 is 2.33 bits per heavy atom. The van der Waals surface area contributed by atoms with E-state index in [0.29, 0.717) is 17.4 Å². The standard InChI is InChI=1S/C13H19N3O2/c1-8-5-11(8)15-7-9-3-4-12(18-2)10(6-9)13(14)16-17/h3-4,6,8,11,15,17H,5,7H2,1-2H3,(H2,14,16). The van der Waals surface area contributed by atoms with Crippen molar-refractivity contribution in [1.82, 2.24) is 5.32 Å². The van der Waals surface area contributed by atoms with E-state index in [2.05, 4.69) is 17.4 Å². The first-order chi connectivity index (χ1) is 8.65. The van der Waals surface area contributed by atoms with Crippen LogP contribution in [0.4, 0.5) is 0 Å². The van der Waals surface area contributed by atoms with Gasteiger partial charge >= 0.3 is 0 Å². The van der Waals surface area contributed by atoms with Gasteiger partial charge in [-0.25, -0.2) is 0 Å². The first kappa shape index (κ1) is 12.7. The lowest BCUT2D eigenvalue weighted by atomic mass is 10.1. The fourth-order valence-electron chi connectivity index (χ4n) is 1.97. The average molecular weight is 249 g/mol. The van der Waals surface area contributed by atoms with Crippen LogP contribution in [0, 0.1) is 5.92 Å². The van der Waals surface area contributed by atoms with Gasteiger partial charge < -0.3 is 21.0 Å². The van der Waals surface area contributed by atoms with Gasteiger partial charge in [0.25, 0.3) is 0 Å². The molecule has 98 valence electrons. The van der Waals surface area contributed by atoms with Gasteiger partial charge in [0.15, 0.2) is 5.84 Å². The second kappa shape index (κ2) is 5.27. The molecule has 0 amide bonds. The summed E-state index contributed by atoms with van der Waals surface area (Å²) in [6.07, 6.45) is 1.24. The minimum Gasteiger partial charge on any atom is -0.496 e. The molecular weight excluding hydrogens is 230 g/mol. The molecular formula is C13H19N3O2. The highest BCUT2D eigenvalue weighted by Crippen LogP contribution is 2.29. The summed E-state index contributed by atoms with van der Waals surface area (Å²) in [5.74, 6) is 1.44. The van der Waals surface area contributed by atoms with Gasteiger partial charge in [0.2, 0.25) is 0 Å². The first-order valence-electron chi connectivity index (χ1n) is 6.04. The Labute approximate surface area is 107 Å². The Balaban J connectivity index is 2.11. The van der Waals surface area contributed by atoms with E-state index in [1.165, 1.54) is 6.42 Å². The number of nitrogens with one attached hydrogen (secondary N) is 1. The van der Waals surface area contributed by atoms with E-state index in [-0.39, 0.29) is 5.84 Å². The number of amidine groups is 1. The summed E-state index contributed by atoms with van der Waals surface area (Å²) in [7, 11) is 1.56. The van der Waals surface area contributed by atoms with E-state index in [1.54, 1.807) is 7.11 Å². The van der Waals surface area contributed by atoms with Crippen molar-refractivity contribution in [2.24, 2.45) is 16.8 Å². The highest BCUT2D eigenvalue weighted by atomic mass is 16.5. The van der Waals surface area contributed by atoms with Crippen molar-refractivity contribution in [2.45, 2.75) is 25.9 Å². The van der Waals surface area contributed by atoms with E-state index in [4.69, 9.17) is 15.7 Å². The summed E-state index contributed by atoms with van der Waals surface area (Å²) in [5.41, 5.74) is 7.34. The molecule has 0 bridgehead atoms. The zero-order valence-electron chi connectivity index (χ0n) is 10.7. The highest BCUT2D eigenvalue weighted by molar-refractivity contribution is 5.99. The molecule has 0 aromatic heterocycles. The van der Waals surface area contributed by atoms with Crippen molar-refractivity contribution in [3.63, 3.8) is 0 Å². The third-order valence-electron chi connectivity index (χ3n) is 3.33. The van der Waals surface area contributed by atoms with Gasteiger partial charge in [0, 0.05) is 12.6 Å². The maximum Gasteiger partial charge on any atom is 0.173 e. The fraction of sp³-hybridized carbons (Fsp3) is 0.462. The van der Waals surface area contributed by atoms with Gasteiger partial charge in [-0.2, -0.15) is 0 Å². The van der Waals surface area contributed by atoms with Crippen molar-refractivity contribution in [3.05, 3.63) is 29.3 Å². The summed E-state index contributed by atoms with van der Waals surface area (Å²) in [6.45, 7) is 3.01. The number of ether oxygens (including phenoxy) is 1. The molecule has 5 nitrogen and oxygen atoms in total. The largest absolute Gasteiger partial charge is 0.496 e. The Morgan fingerprint density at radius 3 is 2.89 bits per heavy atom. The van der Waals surface area contributed by atoms with Crippen LogP contribution >= 0.6 is 0 Å². The molecule has 4 N–H and O–H groups in total. The minimum absolute atomic E-state index is 0.0634. The van der Waals surface area contributed by atoms with E-state index in [9.17, 15) is 0 Å². The Hall–Kier alpha value is -1.75. The molecule has 1 saturated carbocycles. The van der Waals surface area contributed by atoms with Crippen LogP contribution in [-0.4, -0.2) is 24.2 Å². The van der Waals surface area contributed by atoms with Gasteiger partial charge in [-0.1, -0.05) is 18.1 Å². The van der Waals surface area contributed by atoms with Crippen LogP contribution in [0.1, 0.15) is 24.5 Å². The maximum absolute atomic E-state index is 8.75. The van der Waals surface area contributed by atoms with Crippen molar-refractivity contribution in [2.75, 3.05) is 7.11 Å². The molecule has 1 aliphatic rings. The van der Waals surface area contributed by atoms with Gasteiger partial charge in [-0.05, 0) is 30.0 Å². The average Bonchev–Trinajstić information content (AvgIpc) is 3.11. The molecule has 2 atom stereocenters. The van der Waals surface area contributed by atoms with E-state index in [0.717, 1.165) is 18.0 Å². The number of hydrogen-bond acceptors (Lipinski definition) is 4. The highest BCUT2D eigenvalue weighted by Gasteiger charge is 2.31. The molecule has 18 heavy (non-hydrogen) atoms. The van der Waals surface area contributed by atoms with Crippen LogP contribution in [0.3, 0.4) is 0 Å². The lowest BCUT2D eigenvalue weighted by molar-refractivity contribution is 0.318. The van der Waals surface area contributed by atoms with Gasteiger partial charge in [0.05, 0.1) is 12.7 Å². The van der Waals surface area contributed by atoms with Crippen molar-refractivity contribution in [1.29, 1.82) is 0 Å². The zero-order chi connectivity index (χ0) is 13.1.